The Labute approximate surface area is 286 Å². The lowest BCUT2D eigenvalue weighted by atomic mass is 9.93. The van der Waals surface area contributed by atoms with Gasteiger partial charge in [-0.1, -0.05) is 63.1 Å². The normalized spacial score (nSPS) is 13.9. The van der Waals surface area contributed by atoms with E-state index in [2.05, 4.69) is 19.2 Å². The van der Waals surface area contributed by atoms with Crippen LogP contribution in [0.4, 0.5) is 10.1 Å². The predicted molar refractivity (Wildman–Crippen MR) is 185 cm³/mol. The smallest absolute Gasteiger partial charge is 0.274 e. The molecule has 49 heavy (non-hydrogen) atoms. The number of nitrogens with zero attached hydrogens (tertiary/aromatic N) is 4. The summed E-state index contributed by atoms with van der Waals surface area (Å²) in [6.45, 7) is 6.93. The first-order valence-electron chi connectivity index (χ1n) is 16.9. The van der Waals surface area contributed by atoms with Crippen LogP contribution < -0.4 is 10.1 Å². The third-order valence-corrected chi connectivity index (χ3v) is 8.73. The van der Waals surface area contributed by atoms with Gasteiger partial charge in [0.25, 0.3) is 17.7 Å². The van der Waals surface area contributed by atoms with Gasteiger partial charge in [0.05, 0.1) is 29.6 Å². The van der Waals surface area contributed by atoms with Gasteiger partial charge >= 0.3 is 0 Å². The Kier molecular flexibility index (Phi) is 11.8. The van der Waals surface area contributed by atoms with E-state index in [0.29, 0.717) is 43.0 Å². The number of aliphatic hydroxyl groups excluding tert-OH is 1. The van der Waals surface area contributed by atoms with E-state index in [1.54, 1.807) is 39.9 Å². The number of unbranched alkanes of at least 4 members (excludes halogenated alkanes) is 2. The number of rotatable bonds is 14. The summed E-state index contributed by atoms with van der Waals surface area (Å²) in [5, 5.41) is 17.5. The van der Waals surface area contributed by atoms with Gasteiger partial charge in [-0.15, -0.1) is 0 Å². The number of nitrogens with one attached hydrogen (secondary N) is 1. The van der Waals surface area contributed by atoms with Crippen LogP contribution in [0, 0.1) is 12.7 Å². The summed E-state index contributed by atoms with van der Waals surface area (Å²) in [4.78, 5) is 44.2. The Hall–Kier alpha value is -5.03. The summed E-state index contributed by atoms with van der Waals surface area (Å²) in [6, 6.07) is 19.8. The number of anilines is 1. The van der Waals surface area contributed by atoms with Crippen molar-refractivity contribution in [3.8, 4) is 11.4 Å². The number of aromatic nitrogens is 2. The zero-order chi connectivity index (χ0) is 34.9. The summed E-state index contributed by atoms with van der Waals surface area (Å²) in [6.07, 6.45) is 4.17. The van der Waals surface area contributed by atoms with E-state index in [0.717, 1.165) is 36.8 Å². The highest BCUT2D eigenvalue weighted by atomic mass is 19.1. The van der Waals surface area contributed by atoms with Crippen LogP contribution in [0.5, 0.6) is 5.75 Å². The monoisotopic (exact) mass is 669 g/mol. The third kappa shape index (κ3) is 8.34. The zero-order valence-corrected chi connectivity index (χ0v) is 28.3. The number of amides is 3. The fourth-order valence-electron chi connectivity index (χ4n) is 6.00. The first-order chi connectivity index (χ1) is 23.7. The Morgan fingerprint density at radius 2 is 1.67 bits per heavy atom. The van der Waals surface area contributed by atoms with Gasteiger partial charge in [-0.25, -0.2) is 9.07 Å². The number of halogens is 1. The maximum Gasteiger partial charge on any atom is 0.274 e. The van der Waals surface area contributed by atoms with Crippen LogP contribution in [-0.2, 0) is 17.8 Å². The second-order valence-electron chi connectivity index (χ2n) is 12.3. The number of aliphatic hydroxyl groups is 1. The number of aryl methyl sites for hydroxylation is 1. The van der Waals surface area contributed by atoms with Crippen molar-refractivity contribution in [2.24, 2.45) is 0 Å². The minimum absolute atomic E-state index is 0.0376. The highest BCUT2D eigenvalue weighted by molar-refractivity contribution is 5.99. The van der Waals surface area contributed by atoms with Gasteiger partial charge in [0.15, 0.2) is 12.3 Å². The van der Waals surface area contributed by atoms with Gasteiger partial charge in [0.2, 0.25) is 0 Å². The lowest BCUT2D eigenvalue weighted by Crippen LogP contribution is -2.46. The molecule has 0 unspecified atom stereocenters. The number of carbonyl (C=O) groups is 3. The van der Waals surface area contributed by atoms with Crippen molar-refractivity contribution in [3.05, 3.63) is 107 Å². The topological polar surface area (TPSA) is 117 Å². The van der Waals surface area contributed by atoms with Crippen molar-refractivity contribution < 1.29 is 28.6 Å². The minimum Gasteiger partial charge on any atom is -0.484 e. The number of fused-ring (bicyclic) bond motifs is 1. The molecular formula is C38H44FN5O5. The molecule has 11 heteroatoms. The molecule has 2 heterocycles. The van der Waals surface area contributed by atoms with Crippen molar-refractivity contribution in [2.45, 2.75) is 65.5 Å². The first kappa shape index (κ1) is 35.3. The average Bonchev–Trinajstić information content (AvgIpc) is 3.51. The van der Waals surface area contributed by atoms with E-state index in [1.165, 1.54) is 18.2 Å². The molecule has 5 rings (SSSR count). The van der Waals surface area contributed by atoms with Crippen LogP contribution in [0.15, 0.2) is 72.8 Å². The van der Waals surface area contributed by atoms with Gasteiger partial charge in [-0.2, -0.15) is 5.10 Å². The molecule has 1 aliphatic rings. The number of benzene rings is 3. The SMILES string of the molecule is CCCCN(CCCC)C(=O)c1cc(C)n(-c2cc(OCC(=O)Nc3ccccc3F)ccc2C(=O)N2Cc3ccccc3C[C@H]2CO)n1. The van der Waals surface area contributed by atoms with Crippen molar-refractivity contribution in [3.63, 3.8) is 0 Å². The molecular weight excluding hydrogens is 625 g/mol. The van der Waals surface area contributed by atoms with Gasteiger partial charge < -0.3 is 25.0 Å². The molecule has 0 fully saturated rings. The lowest BCUT2D eigenvalue weighted by Gasteiger charge is -2.36. The molecule has 1 atom stereocenters. The molecule has 1 aliphatic heterocycles. The molecule has 0 bridgehead atoms. The Morgan fingerprint density at radius 3 is 2.37 bits per heavy atom. The molecule has 4 aromatic rings. The Balaban J connectivity index is 1.48. The van der Waals surface area contributed by atoms with Gasteiger partial charge in [0, 0.05) is 31.4 Å². The summed E-state index contributed by atoms with van der Waals surface area (Å²) in [5.74, 6) is -1.35. The molecule has 3 aromatic carbocycles. The molecule has 3 amide bonds. The van der Waals surface area contributed by atoms with E-state index >= 15 is 0 Å². The second-order valence-corrected chi connectivity index (χ2v) is 12.3. The minimum atomic E-state index is -0.565. The van der Waals surface area contributed by atoms with Crippen LogP contribution >= 0.6 is 0 Å². The third-order valence-electron chi connectivity index (χ3n) is 8.73. The summed E-state index contributed by atoms with van der Waals surface area (Å²) in [5.41, 5.74) is 3.67. The summed E-state index contributed by atoms with van der Waals surface area (Å²) < 4.78 is 21.5. The number of carbonyl (C=O) groups excluding carboxylic acids is 3. The number of hydrogen-bond donors (Lipinski definition) is 2. The zero-order valence-electron chi connectivity index (χ0n) is 28.3. The van der Waals surface area contributed by atoms with Crippen LogP contribution in [0.3, 0.4) is 0 Å². The molecule has 0 radical (unpaired) electrons. The standard InChI is InChI=1S/C38H44FN5O5/c1-4-6-18-42(19-7-5-2)38(48)34-20-26(3)44(41-34)35-22-30(49-25-36(46)40-33-15-11-10-14-32(33)39)16-17-31(35)37(47)43-23-28-13-9-8-12-27(28)21-29(43)24-45/h8-17,20,22,29,45H,4-7,18-19,21,23-25H2,1-3H3,(H,40,46)/t29-/m0/s1. The fourth-order valence-corrected chi connectivity index (χ4v) is 6.00. The van der Waals surface area contributed by atoms with Crippen molar-refractivity contribution in [1.82, 2.24) is 19.6 Å². The molecule has 1 aromatic heterocycles. The van der Waals surface area contributed by atoms with Crippen LogP contribution in [0.25, 0.3) is 5.69 Å². The molecule has 2 N–H and O–H groups in total. The van der Waals surface area contributed by atoms with Gasteiger partial charge in [-0.05, 0) is 67.6 Å². The molecule has 0 saturated heterocycles. The molecule has 0 aliphatic carbocycles. The first-order valence-corrected chi connectivity index (χ1v) is 16.9. The lowest BCUT2D eigenvalue weighted by molar-refractivity contribution is -0.118. The van der Waals surface area contributed by atoms with Crippen LogP contribution in [0.1, 0.15) is 77.2 Å². The molecule has 0 saturated carbocycles. The van der Waals surface area contributed by atoms with E-state index in [9.17, 15) is 23.9 Å². The molecule has 10 nitrogen and oxygen atoms in total. The van der Waals surface area contributed by atoms with Crippen LogP contribution in [0.2, 0.25) is 0 Å². The Morgan fingerprint density at radius 1 is 0.980 bits per heavy atom. The second kappa shape index (κ2) is 16.4. The van der Waals surface area contributed by atoms with E-state index in [1.807, 2.05) is 36.1 Å². The Bertz CT molecular complexity index is 1780. The van der Waals surface area contributed by atoms with Crippen molar-refractivity contribution in [2.75, 3.05) is 31.6 Å². The number of ether oxygens (including phenoxy) is 1. The van der Waals surface area contributed by atoms with E-state index < -0.39 is 24.4 Å². The van der Waals surface area contributed by atoms with E-state index in [-0.39, 0.29) is 35.6 Å². The van der Waals surface area contributed by atoms with Crippen molar-refractivity contribution in [1.29, 1.82) is 0 Å². The maximum atomic E-state index is 14.3. The highest BCUT2D eigenvalue weighted by Gasteiger charge is 2.32. The molecule has 258 valence electrons. The van der Waals surface area contributed by atoms with Gasteiger partial charge in [-0.3, -0.25) is 14.4 Å². The fraction of sp³-hybridized carbons (Fsp3) is 0.368. The average molecular weight is 670 g/mol. The van der Waals surface area contributed by atoms with Crippen molar-refractivity contribution >= 4 is 23.4 Å². The number of hydrogen-bond acceptors (Lipinski definition) is 6. The quantitative estimate of drug-likeness (QED) is 0.172. The maximum absolute atomic E-state index is 14.3. The molecule has 0 spiro atoms. The van der Waals surface area contributed by atoms with Crippen LogP contribution in [-0.4, -0.2) is 74.8 Å². The predicted octanol–water partition coefficient (Wildman–Crippen LogP) is 5.94. The highest BCUT2D eigenvalue weighted by Crippen LogP contribution is 2.29. The summed E-state index contributed by atoms with van der Waals surface area (Å²) >= 11 is 0. The van der Waals surface area contributed by atoms with E-state index in [4.69, 9.17) is 9.84 Å². The summed E-state index contributed by atoms with van der Waals surface area (Å²) in [7, 11) is 0. The number of para-hydroxylation sites is 1. The van der Waals surface area contributed by atoms with Gasteiger partial charge in [0.1, 0.15) is 11.6 Å². The largest absolute Gasteiger partial charge is 0.484 e.